The third kappa shape index (κ3) is 1.72. The second-order valence-corrected chi connectivity index (χ2v) is 4.23. The number of rotatable bonds is 0. The zero-order valence-corrected chi connectivity index (χ0v) is 7.48. The molecule has 0 radical (unpaired) electrons. The normalized spacial score (nSPS) is 39.6. The van der Waals surface area contributed by atoms with Gasteiger partial charge >= 0.3 is 0 Å². The maximum atomic E-state index is 5.65. The first-order valence-electron chi connectivity index (χ1n) is 4.15. The van der Waals surface area contributed by atoms with Crippen LogP contribution in [0.15, 0.2) is 0 Å². The Kier molecular flexibility index (Phi) is 2.04. The van der Waals surface area contributed by atoms with E-state index in [2.05, 4.69) is 27.7 Å². The van der Waals surface area contributed by atoms with Gasteiger partial charge < -0.3 is 4.74 Å². The van der Waals surface area contributed by atoms with Crippen molar-refractivity contribution in [3.8, 4) is 0 Å². The highest BCUT2D eigenvalue weighted by atomic mass is 16.5. The summed E-state index contributed by atoms with van der Waals surface area (Å²) in [5.41, 5.74) is 0.131. The van der Waals surface area contributed by atoms with Crippen LogP contribution < -0.4 is 0 Å². The lowest BCUT2D eigenvalue weighted by molar-refractivity contribution is -0.0944. The van der Waals surface area contributed by atoms with Gasteiger partial charge in [-0.15, -0.1) is 0 Å². The third-order valence-corrected chi connectivity index (χ3v) is 2.52. The van der Waals surface area contributed by atoms with Gasteiger partial charge in [-0.3, -0.25) is 0 Å². The topological polar surface area (TPSA) is 9.23 Å². The average molecular weight is 142 g/mol. The van der Waals surface area contributed by atoms with Crippen LogP contribution in [0.5, 0.6) is 0 Å². The van der Waals surface area contributed by atoms with Crippen molar-refractivity contribution in [2.75, 3.05) is 6.61 Å². The second kappa shape index (κ2) is 2.54. The highest BCUT2D eigenvalue weighted by molar-refractivity contribution is 4.79. The van der Waals surface area contributed by atoms with E-state index in [9.17, 15) is 0 Å². The SMILES string of the molecule is CC1CC(C)(C)OC[C@H]1C. The molecule has 0 aromatic rings. The lowest BCUT2D eigenvalue weighted by atomic mass is 9.83. The summed E-state index contributed by atoms with van der Waals surface area (Å²) in [5, 5.41) is 0. The van der Waals surface area contributed by atoms with Gasteiger partial charge in [-0.1, -0.05) is 13.8 Å². The molecule has 0 N–H and O–H groups in total. The molecule has 1 aliphatic heterocycles. The van der Waals surface area contributed by atoms with Gasteiger partial charge in [-0.25, -0.2) is 0 Å². The van der Waals surface area contributed by atoms with E-state index in [1.54, 1.807) is 0 Å². The van der Waals surface area contributed by atoms with E-state index in [4.69, 9.17) is 4.74 Å². The van der Waals surface area contributed by atoms with Crippen LogP contribution in [0.1, 0.15) is 34.1 Å². The molecule has 0 saturated carbocycles. The van der Waals surface area contributed by atoms with Gasteiger partial charge in [0.05, 0.1) is 12.2 Å². The van der Waals surface area contributed by atoms with Gasteiger partial charge in [-0.05, 0) is 32.1 Å². The summed E-state index contributed by atoms with van der Waals surface area (Å²) >= 11 is 0. The molecule has 1 aliphatic rings. The summed E-state index contributed by atoms with van der Waals surface area (Å²) in [4.78, 5) is 0. The number of hydrogen-bond donors (Lipinski definition) is 0. The molecule has 2 atom stereocenters. The van der Waals surface area contributed by atoms with E-state index in [0.29, 0.717) is 0 Å². The first-order chi connectivity index (χ1) is 4.51. The van der Waals surface area contributed by atoms with Crippen LogP contribution in [0.2, 0.25) is 0 Å². The molecule has 0 aliphatic carbocycles. The van der Waals surface area contributed by atoms with Gasteiger partial charge in [-0.2, -0.15) is 0 Å². The molecule has 1 heteroatoms. The molecule has 1 fully saturated rings. The van der Waals surface area contributed by atoms with Gasteiger partial charge in [0.2, 0.25) is 0 Å². The monoisotopic (exact) mass is 142 g/mol. The van der Waals surface area contributed by atoms with Crippen molar-refractivity contribution in [2.24, 2.45) is 11.8 Å². The van der Waals surface area contributed by atoms with Crippen LogP contribution >= 0.6 is 0 Å². The van der Waals surface area contributed by atoms with Crippen LogP contribution in [-0.2, 0) is 4.74 Å². The molecule has 0 amide bonds. The summed E-state index contributed by atoms with van der Waals surface area (Å²) in [6.07, 6.45) is 1.20. The zero-order chi connectivity index (χ0) is 7.78. The van der Waals surface area contributed by atoms with E-state index >= 15 is 0 Å². The Morgan fingerprint density at radius 2 is 1.80 bits per heavy atom. The summed E-state index contributed by atoms with van der Waals surface area (Å²) < 4.78 is 5.65. The Labute approximate surface area is 63.8 Å². The highest BCUT2D eigenvalue weighted by Crippen LogP contribution is 2.31. The molecule has 1 saturated heterocycles. The average Bonchev–Trinajstić information content (AvgIpc) is 1.79. The van der Waals surface area contributed by atoms with Gasteiger partial charge in [0.15, 0.2) is 0 Å². The summed E-state index contributed by atoms with van der Waals surface area (Å²) in [5.74, 6) is 1.57. The van der Waals surface area contributed by atoms with Crippen molar-refractivity contribution >= 4 is 0 Å². The fraction of sp³-hybridized carbons (Fsp3) is 1.00. The van der Waals surface area contributed by atoms with Crippen molar-refractivity contribution in [1.29, 1.82) is 0 Å². The molecule has 0 aromatic carbocycles. The maximum Gasteiger partial charge on any atom is 0.0629 e. The van der Waals surface area contributed by atoms with Crippen molar-refractivity contribution in [3.05, 3.63) is 0 Å². The summed E-state index contributed by atoms with van der Waals surface area (Å²) in [6, 6.07) is 0. The van der Waals surface area contributed by atoms with Crippen LogP contribution in [0.3, 0.4) is 0 Å². The molecule has 10 heavy (non-hydrogen) atoms. The molecule has 0 aromatic heterocycles. The summed E-state index contributed by atoms with van der Waals surface area (Å²) in [7, 11) is 0. The lowest BCUT2D eigenvalue weighted by Crippen LogP contribution is -2.37. The van der Waals surface area contributed by atoms with Gasteiger partial charge in [0.1, 0.15) is 0 Å². The van der Waals surface area contributed by atoms with Gasteiger partial charge in [0, 0.05) is 0 Å². The maximum absolute atomic E-state index is 5.65. The lowest BCUT2D eigenvalue weighted by Gasteiger charge is -2.37. The van der Waals surface area contributed by atoms with Crippen LogP contribution in [0.4, 0.5) is 0 Å². The molecule has 1 nitrogen and oxygen atoms in total. The van der Waals surface area contributed by atoms with E-state index in [1.165, 1.54) is 6.42 Å². The zero-order valence-electron chi connectivity index (χ0n) is 7.48. The van der Waals surface area contributed by atoms with Crippen molar-refractivity contribution in [1.82, 2.24) is 0 Å². The molecule has 60 valence electrons. The van der Waals surface area contributed by atoms with Crippen LogP contribution in [0, 0.1) is 11.8 Å². The van der Waals surface area contributed by atoms with E-state index in [0.717, 1.165) is 18.4 Å². The second-order valence-electron chi connectivity index (χ2n) is 4.23. The smallest absolute Gasteiger partial charge is 0.0629 e. The van der Waals surface area contributed by atoms with Gasteiger partial charge in [0.25, 0.3) is 0 Å². The Morgan fingerprint density at radius 3 is 2.20 bits per heavy atom. The van der Waals surface area contributed by atoms with Crippen molar-refractivity contribution in [2.45, 2.75) is 39.7 Å². The Balaban J connectivity index is 2.49. The molecule has 1 heterocycles. The van der Waals surface area contributed by atoms with Crippen LogP contribution in [-0.4, -0.2) is 12.2 Å². The van der Waals surface area contributed by atoms with E-state index < -0.39 is 0 Å². The number of ether oxygens (including phenoxy) is 1. The molecule has 0 bridgehead atoms. The Bertz CT molecular complexity index is 118. The largest absolute Gasteiger partial charge is 0.375 e. The third-order valence-electron chi connectivity index (χ3n) is 2.52. The van der Waals surface area contributed by atoms with Crippen LogP contribution in [0.25, 0.3) is 0 Å². The summed E-state index contributed by atoms with van der Waals surface area (Å²) in [6.45, 7) is 9.87. The molecule has 0 spiro atoms. The first-order valence-corrected chi connectivity index (χ1v) is 4.15. The first kappa shape index (κ1) is 8.06. The number of hydrogen-bond acceptors (Lipinski definition) is 1. The predicted molar refractivity (Wildman–Crippen MR) is 43.0 cm³/mol. The fourth-order valence-electron chi connectivity index (χ4n) is 1.56. The Hall–Kier alpha value is -0.0400. The Morgan fingerprint density at radius 1 is 1.20 bits per heavy atom. The highest BCUT2D eigenvalue weighted by Gasteiger charge is 2.30. The van der Waals surface area contributed by atoms with Crippen molar-refractivity contribution in [3.63, 3.8) is 0 Å². The molecule has 1 rings (SSSR count). The minimum atomic E-state index is 0.131. The molecule has 1 unspecified atom stereocenters. The minimum absolute atomic E-state index is 0.131. The minimum Gasteiger partial charge on any atom is -0.375 e. The van der Waals surface area contributed by atoms with Crippen molar-refractivity contribution < 1.29 is 4.74 Å². The quantitative estimate of drug-likeness (QED) is 0.505. The fourth-order valence-corrected chi connectivity index (χ4v) is 1.56. The van der Waals surface area contributed by atoms with E-state index in [1.807, 2.05) is 0 Å². The van der Waals surface area contributed by atoms with E-state index in [-0.39, 0.29) is 5.60 Å². The standard InChI is InChI=1S/C9H18O/c1-7-5-9(3,4)10-6-8(7)2/h7-8H,5-6H2,1-4H3/t7?,8-/m1/s1. The predicted octanol–water partition coefficient (Wildman–Crippen LogP) is 2.46. The molecular weight excluding hydrogens is 124 g/mol. The molecular formula is C9H18O.